The monoisotopic (exact) mass is 605 g/mol. The summed E-state index contributed by atoms with van der Waals surface area (Å²) in [5.41, 5.74) is 12.6. The number of hydrogen-bond acceptors (Lipinski definition) is 8. The number of aliphatic hydroxyl groups is 1. The van der Waals surface area contributed by atoms with Crippen molar-refractivity contribution in [2.24, 2.45) is 16.6 Å². The Morgan fingerprint density at radius 2 is 1.76 bits per heavy atom. The molecule has 3 N–H and O–H groups in total. The zero-order chi connectivity index (χ0) is 31.8. The van der Waals surface area contributed by atoms with Crippen molar-refractivity contribution in [1.29, 1.82) is 5.26 Å². The first-order valence-corrected chi connectivity index (χ1v) is 14.6. The molecule has 1 aliphatic heterocycles. The third kappa shape index (κ3) is 7.61. The van der Waals surface area contributed by atoms with E-state index in [0.717, 1.165) is 50.4 Å². The van der Waals surface area contributed by atoms with E-state index < -0.39 is 18.4 Å². The second-order valence-corrected chi connectivity index (χ2v) is 10.7. The Kier molecular flexibility index (Phi) is 9.97. The molecule has 230 valence electrons. The third-order valence-corrected chi connectivity index (χ3v) is 7.60. The molecule has 1 atom stereocenters. The highest BCUT2D eigenvalue weighted by atomic mass is 16.6. The van der Waals surface area contributed by atoms with Crippen LogP contribution >= 0.6 is 0 Å². The van der Waals surface area contributed by atoms with Gasteiger partial charge in [-0.1, -0.05) is 36.4 Å². The van der Waals surface area contributed by atoms with E-state index in [1.54, 1.807) is 12.1 Å². The molecular formula is C36H35N3O6. The summed E-state index contributed by atoms with van der Waals surface area (Å²) in [6.45, 7) is 5.45. The summed E-state index contributed by atoms with van der Waals surface area (Å²) in [7, 11) is 0. The zero-order valence-electron chi connectivity index (χ0n) is 25.3. The van der Waals surface area contributed by atoms with Gasteiger partial charge in [-0.2, -0.15) is 5.26 Å². The second kappa shape index (κ2) is 14.4. The standard InChI is InChI=1S/C36H35N3O6/c1-23-13-29(18-39-19-30(20-40)36(38)41)34(44-21-26-6-3-5-25(14-26)17-37)16-33(23)45-22-28-7-4-8-31(24(28)2)27-9-10-32-35(15-27)43-12-11-42-32/h3-10,13-16,19,30,40H,11-12,18,20-22H2,1-2H3,(H2,38,41). The first kappa shape index (κ1) is 31.1. The number of nitrogens with zero attached hydrogens (tertiary/aromatic N) is 2. The van der Waals surface area contributed by atoms with Crippen molar-refractivity contribution in [3.8, 4) is 40.2 Å². The van der Waals surface area contributed by atoms with Crippen molar-refractivity contribution in [3.63, 3.8) is 0 Å². The van der Waals surface area contributed by atoms with Crippen molar-refractivity contribution in [2.45, 2.75) is 33.6 Å². The molecule has 0 spiro atoms. The summed E-state index contributed by atoms with van der Waals surface area (Å²) in [5, 5.41) is 18.7. The van der Waals surface area contributed by atoms with Gasteiger partial charge in [-0.05, 0) is 77.6 Å². The highest BCUT2D eigenvalue weighted by molar-refractivity contribution is 5.92. The van der Waals surface area contributed by atoms with E-state index in [0.29, 0.717) is 36.9 Å². The molecule has 0 bridgehead atoms. The number of fused-ring (bicyclic) bond motifs is 1. The number of rotatable bonds is 12. The SMILES string of the molecule is Cc1cc(CN=CC(CO)C(N)=O)c(OCc2cccc(C#N)c2)cc1OCc1cccc(-c2ccc3c(c2)OCCO3)c1C. The minimum Gasteiger partial charge on any atom is -0.488 e. The predicted octanol–water partition coefficient (Wildman–Crippen LogP) is 5.44. The number of primary amides is 1. The van der Waals surface area contributed by atoms with Gasteiger partial charge in [0, 0.05) is 17.8 Å². The summed E-state index contributed by atoms with van der Waals surface area (Å²) < 4.78 is 24.1. The van der Waals surface area contributed by atoms with Crippen LogP contribution in [-0.4, -0.2) is 37.0 Å². The largest absolute Gasteiger partial charge is 0.488 e. The molecule has 0 fully saturated rings. The van der Waals surface area contributed by atoms with Gasteiger partial charge in [0.15, 0.2) is 11.5 Å². The maximum Gasteiger partial charge on any atom is 0.228 e. The van der Waals surface area contributed by atoms with E-state index in [1.165, 1.54) is 6.21 Å². The number of benzene rings is 4. The number of carbonyl (C=O) groups is 1. The van der Waals surface area contributed by atoms with Crippen molar-refractivity contribution in [3.05, 3.63) is 106 Å². The van der Waals surface area contributed by atoms with Gasteiger partial charge < -0.3 is 29.8 Å². The normalized spacial score (nSPS) is 12.8. The minimum atomic E-state index is -0.868. The lowest BCUT2D eigenvalue weighted by Gasteiger charge is -2.20. The Labute approximate surface area is 262 Å². The van der Waals surface area contributed by atoms with Crippen LogP contribution in [0.3, 0.4) is 0 Å². The lowest BCUT2D eigenvalue weighted by Crippen LogP contribution is -2.27. The van der Waals surface area contributed by atoms with Gasteiger partial charge in [-0.3, -0.25) is 9.79 Å². The average Bonchev–Trinajstić information content (AvgIpc) is 3.06. The van der Waals surface area contributed by atoms with E-state index in [-0.39, 0.29) is 13.2 Å². The van der Waals surface area contributed by atoms with Gasteiger partial charge in [0.25, 0.3) is 0 Å². The Morgan fingerprint density at radius 1 is 0.978 bits per heavy atom. The summed E-state index contributed by atoms with van der Waals surface area (Å²) in [6, 6.07) is 25.3. The number of aliphatic hydroxyl groups excluding tert-OH is 1. The number of amides is 1. The molecule has 0 aliphatic carbocycles. The number of carbonyl (C=O) groups excluding carboxylic acids is 1. The highest BCUT2D eigenvalue weighted by Gasteiger charge is 2.16. The van der Waals surface area contributed by atoms with E-state index in [9.17, 15) is 15.2 Å². The maximum absolute atomic E-state index is 11.5. The van der Waals surface area contributed by atoms with Crippen molar-refractivity contribution < 1.29 is 28.8 Å². The van der Waals surface area contributed by atoms with Crippen molar-refractivity contribution >= 4 is 12.1 Å². The molecule has 5 rings (SSSR count). The van der Waals surface area contributed by atoms with Crippen LogP contribution < -0.4 is 24.7 Å². The Hall–Kier alpha value is -5.33. The molecular weight excluding hydrogens is 570 g/mol. The third-order valence-electron chi connectivity index (χ3n) is 7.60. The fourth-order valence-corrected chi connectivity index (χ4v) is 5.04. The van der Waals surface area contributed by atoms with Crippen LogP contribution in [0.4, 0.5) is 0 Å². The molecule has 4 aromatic rings. The number of hydrogen-bond donors (Lipinski definition) is 2. The smallest absolute Gasteiger partial charge is 0.228 e. The van der Waals surface area contributed by atoms with Gasteiger partial charge in [-0.25, -0.2) is 0 Å². The summed E-state index contributed by atoms with van der Waals surface area (Å²) >= 11 is 0. The van der Waals surface area contributed by atoms with Crippen LogP contribution in [0.1, 0.15) is 33.4 Å². The quantitative estimate of drug-likeness (QED) is 0.205. The Bertz CT molecular complexity index is 1760. The number of aliphatic imine (C=N–C) groups is 1. The van der Waals surface area contributed by atoms with E-state index in [2.05, 4.69) is 24.1 Å². The van der Waals surface area contributed by atoms with Gasteiger partial charge in [0.05, 0.1) is 30.7 Å². The predicted molar refractivity (Wildman–Crippen MR) is 171 cm³/mol. The molecule has 4 aromatic carbocycles. The lowest BCUT2D eigenvalue weighted by atomic mass is 9.96. The highest BCUT2D eigenvalue weighted by Crippen LogP contribution is 2.37. The van der Waals surface area contributed by atoms with Crippen LogP contribution in [0.2, 0.25) is 0 Å². The fourth-order valence-electron chi connectivity index (χ4n) is 5.04. The van der Waals surface area contributed by atoms with Crippen LogP contribution in [0, 0.1) is 31.1 Å². The van der Waals surface area contributed by atoms with E-state index in [1.807, 2.05) is 61.5 Å². The molecule has 9 heteroatoms. The average molecular weight is 606 g/mol. The fraction of sp³-hybridized carbons (Fsp3) is 0.250. The van der Waals surface area contributed by atoms with Gasteiger partial charge in [0.2, 0.25) is 5.91 Å². The molecule has 0 saturated heterocycles. The van der Waals surface area contributed by atoms with Crippen molar-refractivity contribution in [2.75, 3.05) is 19.8 Å². The summed E-state index contributed by atoms with van der Waals surface area (Å²) in [5.74, 6) is 1.18. The number of nitrogens with two attached hydrogens (primary N) is 1. The first-order valence-electron chi connectivity index (χ1n) is 14.6. The summed E-state index contributed by atoms with van der Waals surface area (Å²) in [6.07, 6.45) is 1.36. The molecule has 1 amide bonds. The molecule has 0 aromatic heterocycles. The van der Waals surface area contributed by atoms with Gasteiger partial charge in [0.1, 0.15) is 37.9 Å². The molecule has 1 aliphatic rings. The molecule has 1 heterocycles. The lowest BCUT2D eigenvalue weighted by molar-refractivity contribution is -0.120. The van der Waals surface area contributed by atoms with Crippen LogP contribution in [0.15, 0.2) is 77.8 Å². The van der Waals surface area contributed by atoms with Crippen LogP contribution in [-0.2, 0) is 24.6 Å². The zero-order valence-corrected chi connectivity index (χ0v) is 25.3. The molecule has 0 saturated carbocycles. The number of ether oxygens (including phenoxy) is 4. The van der Waals surface area contributed by atoms with Crippen LogP contribution in [0.25, 0.3) is 11.1 Å². The second-order valence-electron chi connectivity index (χ2n) is 10.7. The minimum absolute atomic E-state index is 0.204. The van der Waals surface area contributed by atoms with Gasteiger partial charge >= 0.3 is 0 Å². The van der Waals surface area contributed by atoms with Crippen molar-refractivity contribution in [1.82, 2.24) is 0 Å². The Morgan fingerprint density at radius 3 is 2.53 bits per heavy atom. The molecule has 45 heavy (non-hydrogen) atoms. The summed E-state index contributed by atoms with van der Waals surface area (Å²) in [4.78, 5) is 15.9. The molecule has 1 unspecified atom stereocenters. The number of nitriles is 1. The van der Waals surface area contributed by atoms with Gasteiger partial charge in [-0.15, -0.1) is 0 Å². The topological polar surface area (TPSA) is 136 Å². The number of aryl methyl sites for hydroxylation is 1. The Balaban J connectivity index is 1.38. The first-order chi connectivity index (χ1) is 21.9. The molecule has 0 radical (unpaired) electrons. The molecule has 9 nitrogen and oxygen atoms in total. The van der Waals surface area contributed by atoms with E-state index in [4.69, 9.17) is 24.7 Å². The van der Waals surface area contributed by atoms with E-state index >= 15 is 0 Å². The maximum atomic E-state index is 11.5. The van der Waals surface area contributed by atoms with Crippen LogP contribution in [0.5, 0.6) is 23.0 Å².